The fourth-order valence-corrected chi connectivity index (χ4v) is 9.61. The highest BCUT2D eigenvalue weighted by Gasteiger charge is 2.68. The van der Waals surface area contributed by atoms with Crippen molar-refractivity contribution in [2.24, 2.45) is 11.3 Å². The molecule has 0 radical (unpaired) electrons. The maximum Gasteiger partial charge on any atom is 0.393 e. The standard InChI is InChI=1S/C36H40F3N7OS/c1-3-30-42-31(28-13-26(14-36(37,38)39)48-33(28)43-30)41-24-8-10-45(11-9-24)16-23-6-7-29-27(21(23)2)12-25(15-40)46(29)20-34-17-35(18-34,19-34)44-32(47)22-4-5-22/h6-7,12-13,22,24H,3-5,8-11,14,16-20H2,1-2H3,(H,44,47)(H,41,42,43). The van der Waals surface area contributed by atoms with E-state index in [0.717, 1.165) is 93.4 Å². The van der Waals surface area contributed by atoms with E-state index in [-0.39, 0.29) is 33.7 Å². The van der Waals surface area contributed by atoms with Crippen molar-refractivity contribution in [1.29, 1.82) is 5.26 Å². The molecule has 0 unspecified atom stereocenters. The molecule has 3 aromatic heterocycles. The second-order valence-electron chi connectivity index (χ2n) is 14.8. The first-order valence-electron chi connectivity index (χ1n) is 17.1. The molecule has 9 rings (SSSR count). The molecule has 4 heterocycles. The zero-order chi connectivity index (χ0) is 33.4. The number of nitrogens with zero attached hydrogens (tertiary/aromatic N) is 5. The lowest BCUT2D eigenvalue weighted by molar-refractivity contribution is -0.172. The zero-order valence-electron chi connectivity index (χ0n) is 27.3. The highest BCUT2D eigenvalue weighted by atomic mass is 32.1. The van der Waals surface area contributed by atoms with E-state index in [9.17, 15) is 23.2 Å². The van der Waals surface area contributed by atoms with Gasteiger partial charge in [-0.15, -0.1) is 11.3 Å². The number of piperidine rings is 1. The minimum absolute atomic E-state index is 0.00890. The molecule has 8 nitrogen and oxygen atoms in total. The number of fused-ring (bicyclic) bond motifs is 2. The normalized spacial score (nSPS) is 24.3. The lowest BCUT2D eigenvalue weighted by Gasteiger charge is -2.71. The first-order chi connectivity index (χ1) is 22.9. The average Bonchev–Trinajstić information content (AvgIpc) is 3.70. The fourth-order valence-electron chi connectivity index (χ4n) is 8.54. The number of anilines is 1. The Kier molecular flexibility index (Phi) is 7.53. The van der Waals surface area contributed by atoms with Crippen LogP contribution < -0.4 is 10.6 Å². The third kappa shape index (κ3) is 5.83. The lowest BCUT2D eigenvalue weighted by Crippen LogP contribution is -2.75. The molecule has 4 aliphatic carbocycles. The van der Waals surface area contributed by atoms with Crippen LogP contribution in [-0.4, -0.2) is 56.2 Å². The van der Waals surface area contributed by atoms with Crippen LogP contribution in [0, 0.1) is 29.6 Å². The van der Waals surface area contributed by atoms with Crippen LogP contribution in [-0.2, 0) is 30.7 Å². The molecule has 5 aliphatic rings. The number of carbonyl (C=O) groups is 1. The number of halogens is 3. The maximum atomic E-state index is 13.1. The molecular formula is C36H40F3N7OS. The number of thiophene rings is 1. The number of hydrogen-bond donors (Lipinski definition) is 2. The minimum Gasteiger partial charge on any atom is -0.367 e. The third-order valence-electron chi connectivity index (χ3n) is 11.1. The van der Waals surface area contributed by atoms with Crippen molar-refractivity contribution >= 4 is 44.2 Å². The van der Waals surface area contributed by atoms with E-state index in [2.05, 4.69) is 55.2 Å². The summed E-state index contributed by atoms with van der Waals surface area (Å²) in [6.45, 7) is 7.51. The Labute approximate surface area is 281 Å². The molecule has 0 spiro atoms. The van der Waals surface area contributed by atoms with Crippen LogP contribution in [0.25, 0.3) is 21.1 Å². The quantitative estimate of drug-likeness (QED) is 0.188. The summed E-state index contributed by atoms with van der Waals surface area (Å²) in [5.41, 5.74) is 4.42. The van der Waals surface area contributed by atoms with Gasteiger partial charge in [-0.05, 0) is 86.6 Å². The van der Waals surface area contributed by atoms with Gasteiger partial charge in [0.25, 0.3) is 0 Å². The highest BCUT2D eigenvalue weighted by Crippen LogP contribution is 2.68. The summed E-state index contributed by atoms with van der Waals surface area (Å²) in [4.78, 5) is 24.8. The fraction of sp³-hybridized carbons (Fsp3) is 0.556. The SMILES string of the molecule is CCc1nc(NC2CCN(Cc3ccc4c(cc(C#N)n4CC45CC(NC(=O)C6CC6)(C4)C5)c3C)CC2)c2cc(CC(F)(F)F)sc2n1. The minimum atomic E-state index is -4.26. The first kappa shape index (κ1) is 31.6. The van der Waals surface area contributed by atoms with Gasteiger partial charge in [0.2, 0.25) is 5.91 Å². The van der Waals surface area contributed by atoms with Gasteiger partial charge in [0, 0.05) is 65.9 Å². The van der Waals surface area contributed by atoms with E-state index in [1.807, 2.05) is 13.0 Å². The smallest absolute Gasteiger partial charge is 0.367 e. The van der Waals surface area contributed by atoms with Crippen LogP contribution in [0.15, 0.2) is 24.3 Å². The topological polar surface area (TPSA) is 98.9 Å². The summed E-state index contributed by atoms with van der Waals surface area (Å²) < 4.78 is 41.4. The van der Waals surface area contributed by atoms with Gasteiger partial charge >= 0.3 is 6.18 Å². The van der Waals surface area contributed by atoms with Crippen LogP contribution in [0.2, 0.25) is 0 Å². The molecule has 1 saturated heterocycles. The summed E-state index contributed by atoms with van der Waals surface area (Å²) in [6, 6.07) is 10.6. The summed E-state index contributed by atoms with van der Waals surface area (Å²) >= 11 is 1.10. The van der Waals surface area contributed by atoms with Gasteiger partial charge in [-0.2, -0.15) is 18.4 Å². The molecule has 48 heavy (non-hydrogen) atoms. The summed E-state index contributed by atoms with van der Waals surface area (Å²) in [6.07, 6.45) is 2.23. The second-order valence-corrected chi connectivity index (χ2v) is 16.0. The first-order valence-corrected chi connectivity index (χ1v) is 17.9. The summed E-state index contributed by atoms with van der Waals surface area (Å²) in [5.74, 6) is 1.73. The number of aryl methyl sites for hydroxylation is 2. The monoisotopic (exact) mass is 675 g/mol. The largest absolute Gasteiger partial charge is 0.393 e. The molecule has 2 bridgehead atoms. The van der Waals surface area contributed by atoms with Crippen molar-refractivity contribution in [1.82, 2.24) is 24.8 Å². The average molecular weight is 676 g/mol. The number of nitriles is 1. The Hall–Kier alpha value is -3.69. The van der Waals surface area contributed by atoms with E-state index in [4.69, 9.17) is 0 Å². The number of benzene rings is 1. The zero-order valence-corrected chi connectivity index (χ0v) is 28.2. The Morgan fingerprint density at radius 2 is 1.85 bits per heavy atom. The number of carbonyl (C=O) groups excluding carboxylic acids is 1. The molecule has 4 saturated carbocycles. The van der Waals surface area contributed by atoms with Crippen LogP contribution >= 0.6 is 11.3 Å². The van der Waals surface area contributed by atoms with Crippen molar-refractivity contribution in [2.75, 3.05) is 18.4 Å². The van der Waals surface area contributed by atoms with E-state index >= 15 is 0 Å². The Morgan fingerprint density at radius 3 is 2.52 bits per heavy atom. The second kappa shape index (κ2) is 11.4. The van der Waals surface area contributed by atoms with Gasteiger partial charge < -0.3 is 15.2 Å². The Balaban J connectivity index is 0.914. The van der Waals surface area contributed by atoms with Crippen molar-refractivity contribution in [3.63, 3.8) is 0 Å². The number of hydrogen-bond acceptors (Lipinski definition) is 7. The van der Waals surface area contributed by atoms with Crippen molar-refractivity contribution in [2.45, 2.75) is 102 Å². The van der Waals surface area contributed by atoms with E-state index in [0.29, 0.717) is 34.0 Å². The van der Waals surface area contributed by atoms with Gasteiger partial charge in [-0.1, -0.05) is 13.0 Å². The molecule has 1 aromatic carbocycles. The number of alkyl halides is 3. The van der Waals surface area contributed by atoms with Crippen LogP contribution in [0.5, 0.6) is 0 Å². The number of amides is 1. The van der Waals surface area contributed by atoms with E-state index in [1.165, 1.54) is 11.1 Å². The third-order valence-corrected chi connectivity index (χ3v) is 12.1. The molecular weight excluding hydrogens is 636 g/mol. The van der Waals surface area contributed by atoms with Crippen molar-refractivity contribution < 1.29 is 18.0 Å². The molecule has 5 fully saturated rings. The Bertz CT molecular complexity index is 1940. The summed E-state index contributed by atoms with van der Waals surface area (Å²) in [7, 11) is 0. The number of aromatic nitrogens is 3. The van der Waals surface area contributed by atoms with Gasteiger partial charge in [-0.3, -0.25) is 9.69 Å². The lowest BCUT2D eigenvalue weighted by atomic mass is 9.39. The van der Waals surface area contributed by atoms with E-state index < -0.39 is 12.6 Å². The van der Waals surface area contributed by atoms with Gasteiger partial charge in [0.15, 0.2) is 0 Å². The van der Waals surface area contributed by atoms with Crippen LogP contribution in [0.1, 0.15) is 79.4 Å². The molecule has 2 N–H and O–H groups in total. The number of rotatable bonds is 10. The number of nitrogens with one attached hydrogen (secondary N) is 2. The highest BCUT2D eigenvalue weighted by molar-refractivity contribution is 7.18. The van der Waals surface area contributed by atoms with Gasteiger partial charge in [0.05, 0.1) is 11.8 Å². The predicted octanol–water partition coefficient (Wildman–Crippen LogP) is 7.02. The van der Waals surface area contributed by atoms with Crippen LogP contribution in [0.3, 0.4) is 0 Å². The van der Waals surface area contributed by atoms with Crippen molar-refractivity contribution in [3.8, 4) is 6.07 Å². The molecule has 12 heteroatoms. The molecule has 252 valence electrons. The van der Waals surface area contributed by atoms with Gasteiger partial charge in [0.1, 0.15) is 28.2 Å². The summed E-state index contributed by atoms with van der Waals surface area (Å²) in [5, 5.41) is 18.7. The number of likely N-dealkylation sites (tertiary alicyclic amines) is 1. The molecule has 4 aromatic rings. The van der Waals surface area contributed by atoms with Gasteiger partial charge in [-0.25, -0.2) is 9.97 Å². The predicted molar refractivity (Wildman–Crippen MR) is 180 cm³/mol. The van der Waals surface area contributed by atoms with Crippen molar-refractivity contribution in [3.05, 3.63) is 51.8 Å². The molecule has 0 atom stereocenters. The van der Waals surface area contributed by atoms with Crippen LogP contribution in [0.4, 0.5) is 19.0 Å². The maximum absolute atomic E-state index is 13.1. The Morgan fingerprint density at radius 1 is 1.10 bits per heavy atom. The molecule has 1 aliphatic heterocycles. The van der Waals surface area contributed by atoms with E-state index in [1.54, 1.807) is 6.07 Å². The molecule has 1 amide bonds.